The van der Waals surface area contributed by atoms with Crippen LogP contribution in [0.25, 0.3) is 11.1 Å². The highest BCUT2D eigenvalue weighted by atomic mass is 14.8. The Kier molecular flexibility index (Phi) is 4.75. The largest absolute Gasteiger partial charge is 0.313 e. The Bertz CT molecular complexity index is 543. The van der Waals surface area contributed by atoms with Crippen molar-refractivity contribution in [2.75, 3.05) is 6.54 Å². The summed E-state index contributed by atoms with van der Waals surface area (Å²) in [5.74, 6) is 0. The zero-order valence-electron chi connectivity index (χ0n) is 12.2. The first-order valence-corrected chi connectivity index (χ1v) is 7.08. The predicted molar refractivity (Wildman–Crippen MR) is 83.3 cm³/mol. The Balaban J connectivity index is 2.33. The van der Waals surface area contributed by atoms with Crippen LogP contribution in [0.4, 0.5) is 0 Å². The predicted octanol–water partition coefficient (Wildman–Crippen LogP) is 4.47. The van der Waals surface area contributed by atoms with E-state index in [0.717, 1.165) is 13.1 Å². The first kappa shape index (κ1) is 13.8. The fourth-order valence-electron chi connectivity index (χ4n) is 2.45. The van der Waals surface area contributed by atoms with Crippen LogP contribution in [0.5, 0.6) is 0 Å². The molecule has 19 heavy (non-hydrogen) atoms. The Morgan fingerprint density at radius 2 is 1.74 bits per heavy atom. The van der Waals surface area contributed by atoms with Crippen molar-refractivity contribution in [2.45, 2.75) is 33.7 Å². The van der Waals surface area contributed by atoms with Gasteiger partial charge in [0.2, 0.25) is 0 Å². The minimum absolute atomic E-state index is 0.942. The number of rotatable bonds is 5. The lowest BCUT2D eigenvalue weighted by Gasteiger charge is -2.13. The van der Waals surface area contributed by atoms with Crippen LogP contribution < -0.4 is 5.32 Å². The van der Waals surface area contributed by atoms with Crippen molar-refractivity contribution in [3.05, 3.63) is 59.2 Å². The molecule has 0 atom stereocenters. The molecule has 100 valence electrons. The van der Waals surface area contributed by atoms with E-state index in [1.54, 1.807) is 0 Å². The van der Waals surface area contributed by atoms with Crippen molar-refractivity contribution in [3.8, 4) is 11.1 Å². The van der Waals surface area contributed by atoms with Gasteiger partial charge in [0.1, 0.15) is 0 Å². The van der Waals surface area contributed by atoms with Crippen molar-refractivity contribution in [3.63, 3.8) is 0 Å². The molecule has 2 aromatic rings. The molecule has 0 aromatic heterocycles. The van der Waals surface area contributed by atoms with Gasteiger partial charge in [-0.1, -0.05) is 55.0 Å². The third-order valence-corrected chi connectivity index (χ3v) is 3.43. The molecule has 0 unspecified atom stereocenters. The van der Waals surface area contributed by atoms with Crippen molar-refractivity contribution in [1.29, 1.82) is 0 Å². The molecule has 1 nitrogen and oxygen atoms in total. The number of nitrogens with one attached hydrogen (secondary N) is 1. The van der Waals surface area contributed by atoms with Gasteiger partial charge in [-0.2, -0.15) is 0 Å². The maximum absolute atomic E-state index is 3.49. The van der Waals surface area contributed by atoms with Gasteiger partial charge in [0.25, 0.3) is 0 Å². The van der Waals surface area contributed by atoms with Gasteiger partial charge in [-0.3, -0.25) is 0 Å². The van der Waals surface area contributed by atoms with Crippen LogP contribution in [0.1, 0.15) is 30.0 Å². The van der Waals surface area contributed by atoms with Crippen LogP contribution in [0.2, 0.25) is 0 Å². The molecule has 0 spiro atoms. The molecular weight excluding hydrogens is 230 g/mol. The van der Waals surface area contributed by atoms with E-state index in [2.05, 4.69) is 68.6 Å². The minimum Gasteiger partial charge on any atom is -0.313 e. The van der Waals surface area contributed by atoms with E-state index in [-0.39, 0.29) is 0 Å². The second-order valence-electron chi connectivity index (χ2n) is 5.15. The molecule has 0 aliphatic rings. The van der Waals surface area contributed by atoms with Crippen molar-refractivity contribution in [1.82, 2.24) is 5.32 Å². The summed E-state index contributed by atoms with van der Waals surface area (Å²) in [5.41, 5.74) is 6.75. The molecule has 2 aromatic carbocycles. The monoisotopic (exact) mass is 253 g/mol. The summed E-state index contributed by atoms with van der Waals surface area (Å²) in [5, 5.41) is 3.49. The topological polar surface area (TPSA) is 12.0 Å². The lowest BCUT2D eigenvalue weighted by atomic mass is 9.95. The van der Waals surface area contributed by atoms with E-state index in [9.17, 15) is 0 Å². The fraction of sp³-hybridized carbons (Fsp3) is 0.333. The summed E-state index contributed by atoms with van der Waals surface area (Å²) in [6, 6.07) is 15.4. The van der Waals surface area contributed by atoms with Gasteiger partial charge in [-0.15, -0.1) is 0 Å². The zero-order valence-corrected chi connectivity index (χ0v) is 12.2. The van der Waals surface area contributed by atoms with Crippen molar-refractivity contribution >= 4 is 0 Å². The highest BCUT2D eigenvalue weighted by Gasteiger charge is 2.06. The van der Waals surface area contributed by atoms with E-state index in [1.165, 1.54) is 34.2 Å². The second kappa shape index (κ2) is 6.53. The lowest BCUT2D eigenvalue weighted by Crippen LogP contribution is -2.14. The van der Waals surface area contributed by atoms with Gasteiger partial charge >= 0.3 is 0 Å². The average molecular weight is 253 g/mol. The molecule has 0 saturated carbocycles. The highest BCUT2D eigenvalue weighted by molar-refractivity contribution is 5.70. The molecule has 0 heterocycles. The van der Waals surface area contributed by atoms with Gasteiger partial charge < -0.3 is 5.32 Å². The van der Waals surface area contributed by atoms with Gasteiger partial charge in [0, 0.05) is 6.54 Å². The maximum Gasteiger partial charge on any atom is 0.0211 e. The van der Waals surface area contributed by atoms with Gasteiger partial charge in [-0.25, -0.2) is 0 Å². The molecular formula is C18H23N. The average Bonchev–Trinajstić information content (AvgIpc) is 2.40. The number of aryl methyl sites for hydroxylation is 2. The summed E-state index contributed by atoms with van der Waals surface area (Å²) in [7, 11) is 0. The molecule has 1 heteroatoms. The Hall–Kier alpha value is -1.60. The lowest BCUT2D eigenvalue weighted by molar-refractivity contribution is 0.676. The molecule has 0 aliphatic carbocycles. The Morgan fingerprint density at radius 3 is 2.47 bits per heavy atom. The molecule has 0 amide bonds. The summed E-state index contributed by atoms with van der Waals surface area (Å²) in [6.07, 6.45) is 1.17. The van der Waals surface area contributed by atoms with Gasteiger partial charge in [0.15, 0.2) is 0 Å². The van der Waals surface area contributed by atoms with Crippen LogP contribution in [-0.2, 0) is 6.54 Å². The molecule has 0 bridgehead atoms. The van der Waals surface area contributed by atoms with Crippen LogP contribution in [0.3, 0.4) is 0 Å². The fourth-order valence-corrected chi connectivity index (χ4v) is 2.45. The van der Waals surface area contributed by atoms with Gasteiger partial charge in [-0.05, 0) is 49.1 Å². The number of benzene rings is 2. The molecule has 0 saturated heterocycles. The molecule has 2 rings (SSSR count). The third-order valence-electron chi connectivity index (χ3n) is 3.43. The Morgan fingerprint density at radius 1 is 0.947 bits per heavy atom. The second-order valence-corrected chi connectivity index (χ2v) is 5.15. The van der Waals surface area contributed by atoms with E-state index in [0.29, 0.717) is 0 Å². The van der Waals surface area contributed by atoms with Crippen LogP contribution in [0, 0.1) is 13.8 Å². The summed E-state index contributed by atoms with van der Waals surface area (Å²) >= 11 is 0. The molecule has 1 N–H and O–H groups in total. The van der Waals surface area contributed by atoms with E-state index < -0.39 is 0 Å². The van der Waals surface area contributed by atoms with E-state index in [1.807, 2.05) is 0 Å². The molecule has 0 radical (unpaired) electrons. The quantitative estimate of drug-likeness (QED) is 0.775. The normalized spacial score (nSPS) is 10.7. The maximum atomic E-state index is 3.49. The molecule has 0 fully saturated rings. The first-order chi connectivity index (χ1) is 9.22. The van der Waals surface area contributed by atoms with Crippen LogP contribution in [0.15, 0.2) is 42.5 Å². The molecule has 0 aliphatic heterocycles. The minimum atomic E-state index is 0.942. The zero-order chi connectivity index (χ0) is 13.7. The smallest absolute Gasteiger partial charge is 0.0211 e. The summed E-state index contributed by atoms with van der Waals surface area (Å²) in [4.78, 5) is 0. The van der Waals surface area contributed by atoms with Crippen molar-refractivity contribution in [2.24, 2.45) is 0 Å². The first-order valence-electron chi connectivity index (χ1n) is 7.08. The van der Waals surface area contributed by atoms with E-state index in [4.69, 9.17) is 0 Å². The van der Waals surface area contributed by atoms with Crippen LogP contribution >= 0.6 is 0 Å². The standard InChI is InChI=1S/C18H23N/c1-4-11-19-13-16-7-5-6-8-18(16)17-10-9-14(2)12-15(17)3/h5-10,12,19H,4,11,13H2,1-3H3. The van der Waals surface area contributed by atoms with Crippen LogP contribution in [-0.4, -0.2) is 6.54 Å². The SMILES string of the molecule is CCCNCc1ccccc1-c1ccc(C)cc1C. The third kappa shape index (κ3) is 3.45. The Labute approximate surface area is 116 Å². The number of hydrogen-bond acceptors (Lipinski definition) is 1. The summed E-state index contributed by atoms with van der Waals surface area (Å²) < 4.78 is 0. The number of hydrogen-bond donors (Lipinski definition) is 1. The highest BCUT2D eigenvalue weighted by Crippen LogP contribution is 2.27. The summed E-state index contributed by atoms with van der Waals surface area (Å²) in [6.45, 7) is 8.55. The van der Waals surface area contributed by atoms with Crippen molar-refractivity contribution < 1.29 is 0 Å². The van der Waals surface area contributed by atoms with Gasteiger partial charge in [0.05, 0.1) is 0 Å². The van der Waals surface area contributed by atoms with E-state index >= 15 is 0 Å².